The largest absolute Gasteiger partial charge is 0.493 e. The summed E-state index contributed by atoms with van der Waals surface area (Å²) in [7, 11) is 0. The van der Waals surface area contributed by atoms with Gasteiger partial charge in [-0.25, -0.2) is 4.39 Å². The number of ether oxygens (including phenoxy) is 1. The van der Waals surface area contributed by atoms with Crippen LogP contribution in [0.2, 0.25) is 0 Å². The first kappa shape index (κ1) is 19.1. The predicted molar refractivity (Wildman–Crippen MR) is 113 cm³/mol. The highest BCUT2D eigenvalue weighted by molar-refractivity contribution is 5.95. The minimum Gasteiger partial charge on any atom is -0.493 e. The first-order valence-electron chi connectivity index (χ1n) is 12.0. The number of carbonyl (C=O) groups excluding carboxylic acids is 1. The molecule has 1 aromatic rings. The molecule has 0 radical (unpaired) electrons. The number of nitrogens with two attached hydrogens (primary N) is 1. The molecule has 5 heteroatoms. The second-order valence-electron chi connectivity index (χ2n) is 11.2. The molecule has 162 valence electrons. The van der Waals surface area contributed by atoms with Crippen molar-refractivity contribution in [1.82, 2.24) is 4.90 Å². The summed E-state index contributed by atoms with van der Waals surface area (Å²) in [5.74, 6) is 3.05. The highest BCUT2D eigenvalue weighted by Gasteiger charge is 2.51. The number of rotatable bonds is 5. The summed E-state index contributed by atoms with van der Waals surface area (Å²) in [5, 5.41) is 0. The van der Waals surface area contributed by atoms with Gasteiger partial charge in [0.25, 0.3) is 5.91 Å². The van der Waals surface area contributed by atoms with E-state index in [-0.39, 0.29) is 17.5 Å². The summed E-state index contributed by atoms with van der Waals surface area (Å²) < 4.78 is 21.4. The monoisotopic (exact) mass is 412 g/mol. The fraction of sp³-hybridized carbons (Fsp3) is 0.720. The molecule has 1 saturated heterocycles. The van der Waals surface area contributed by atoms with Gasteiger partial charge in [0.2, 0.25) is 0 Å². The van der Waals surface area contributed by atoms with Crippen LogP contribution in [0.5, 0.6) is 5.75 Å². The van der Waals surface area contributed by atoms with Crippen molar-refractivity contribution in [3.8, 4) is 5.75 Å². The zero-order chi connectivity index (χ0) is 20.5. The van der Waals surface area contributed by atoms with E-state index >= 15 is 4.39 Å². The molecule has 1 atom stereocenters. The second kappa shape index (κ2) is 6.94. The number of likely N-dealkylation sites (tertiary alicyclic amines) is 1. The molecule has 5 aliphatic carbocycles. The highest BCUT2D eigenvalue weighted by atomic mass is 19.1. The van der Waals surface area contributed by atoms with E-state index in [1.165, 1.54) is 44.6 Å². The molecule has 6 aliphatic rings. The third-order valence-electron chi connectivity index (χ3n) is 8.56. The van der Waals surface area contributed by atoms with Gasteiger partial charge in [0, 0.05) is 30.6 Å². The van der Waals surface area contributed by atoms with Crippen molar-refractivity contribution in [2.24, 2.45) is 28.9 Å². The Morgan fingerprint density at radius 1 is 1.10 bits per heavy atom. The summed E-state index contributed by atoms with van der Waals surface area (Å²) in [4.78, 5) is 14.6. The molecule has 30 heavy (non-hydrogen) atoms. The molecule has 2 N–H and O–H groups in total. The number of hydrogen-bond donors (Lipinski definition) is 1. The molecule has 0 aromatic heterocycles. The van der Waals surface area contributed by atoms with E-state index in [0.29, 0.717) is 36.8 Å². The molecular formula is C25H33FN2O2. The second-order valence-corrected chi connectivity index (χ2v) is 11.2. The number of nitrogens with zero attached hydrogens (tertiary/aromatic N) is 1. The maximum Gasteiger partial charge on any atom is 0.256 e. The van der Waals surface area contributed by atoms with Crippen molar-refractivity contribution in [1.29, 1.82) is 0 Å². The van der Waals surface area contributed by atoms with Crippen LogP contribution in [0, 0.1) is 29.0 Å². The van der Waals surface area contributed by atoms with Gasteiger partial charge in [0.05, 0.1) is 12.2 Å². The van der Waals surface area contributed by atoms with Crippen molar-refractivity contribution in [2.45, 2.75) is 69.7 Å². The van der Waals surface area contributed by atoms with E-state index in [1.54, 1.807) is 11.0 Å². The lowest BCUT2D eigenvalue weighted by Crippen LogP contribution is -2.48. The van der Waals surface area contributed by atoms with Crippen molar-refractivity contribution in [3.63, 3.8) is 0 Å². The SMILES string of the molecule is NC1CCN(C(=O)c2cc(C3CC3)c(OCC34CC5CC(CC(C5)C3)C4)cc2F)C1. The van der Waals surface area contributed by atoms with Crippen LogP contribution in [0.25, 0.3) is 0 Å². The molecule has 0 spiro atoms. The fourth-order valence-electron chi connectivity index (χ4n) is 7.41. The normalized spacial score (nSPS) is 37.1. The first-order chi connectivity index (χ1) is 14.5. The van der Waals surface area contributed by atoms with Crippen LogP contribution in [0.1, 0.15) is 79.6 Å². The lowest BCUT2D eigenvalue weighted by Gasteiger charge is -2.56. The maximum absolute atomic E-state index is 15.0. The van der Waals surface area contributed by atoms with Crippen LogP contribution in [0.15, 0.2) is 12.1 Å². The molecule has 6 fully saturated rings. The van der Waals surface area contributed by atoms with Crippen molar-refractivity contribution in [2.75, 3.05) is 19.7 Å². The van der Waals surface area contributed by atoms with E-state index in [0.717, 1.165) is 42.6 Å². The molecule has 1 aromatic carbocycles. The number of halogens is 1. The van der Waals surface area contributed by atoms with Crippen molar-refractivity contribution < 1.29 is 13.9 Å². The van der Waals surface area contributed by atoms with Crippen LogP contribution in [0.3, 0.4) is 0 Å². The molecule has 7 rings (SSSR count). The third kappa shape index (κ3) is 3.34. The molecule has 4 nitrogen and oxygen atoms in total. The molecule has 4 bridgehead atoms. The number of benzene rings is 1. The average Bonchev–Trinajstić information content (AvgIpc) is 3.45. The zero-order valence-electron chi connectivity index (χ0n) is 17.7. The van der Waals surface area contributed by atoms with E-state index in [4.69, 9.17) is 10.5 Å². The van der Waals surface area contributed by atoms with Gasteiger partial charge in [0.15, 0.2) is 0 Å². The summed E-state index contributed by atoms with van der Waals surface area (Å²) in [6, 6.07) is 3.29. The Morgan fingerprint density at radius 3 is 2.33 bits per heavy atom. The average molecular weight is 413 g/mol. The number of amides is 1. The Balaban J connectivity index is 1.23. The van der Waals surface area contributed by atoms with Gasteiger partial charge in [-0.1, -0.05) is 0 Å². The van der Waals surface area contributed by atoms with E-state index in [9.17, 15) is 4.79 Å². The maximum atomic E-state index is 15.0. The van der Waals surface area contributed by atoms with Gasteiger partial charge in [-0.2, -0.15) is 0 Å². The zero-order valence-corrected chi connectivity index (χ0v) is 17.7. The molecule has 1 unspecified atom stereocenters. The van der Waals surface area contributed by atoms with Gasteiger partial charge in [-0.15, -0.1) is 0 Å². The topological polar surface area (TPSA) is 55.6 Å². The Kier molecular flexibility index (Phi) is 4.42. The third-order valence-corrected chi connectivity index (χ3v) is 8.56. The predicted octanol–water partition coefficient (Wildman–Crippen LogP) is 4.47. The first-order valence-corrected chi connectivity index (χ1v) is 12.0. The van der Waals surface area contributed by atoms with Gasteiger partial charge >= 0.3 is 0 Å². The summed E-state index contributed by atoms with van der Waals surface area (Å²) in [6.07, 6.45) is 11.1. The fourth-order valence-corrected chi connectivity index (χ4v) is 7.41. The van der Waals surface area contributed by atoms with E-state index in [1.807, 2.05) is 0 Å². The van der Waals surface area contributed by atoms with Gasteiger partial charge in [0.1, 0.15) is 11.6 Å². The Morgan fingerprint density at radius 2 is 1.77 bits per heavy atom. The summed E-state index contributed by atoms with van der Waals surface area (Å²) in [6.45, 7) is 1.84. The van der Waals surface area contributed by atoms with E-state index in [2.05, 4.69) is 0 Å². The molecular weight excluding hydrogens is 379 g/mol. The minimum atomic E-state index is -0.453. The number of hydrogen-bond acceptors (Lipinski definition) is 3. The highest BCUT2D eigenvalue weighted by Crippen LogP contribution is 2.60. The standard InChI is InChI=1S/C25H33FN2O2/c26-22-9-23(30-14-25-10-15-5-16(11-25)7-17(6-15)12-25)20(18-1-2-18)8-21(22)24(29)28-4-3-19(27)13-28/h8-9,15-19H,1-7,10-14,27H2. The summed E-state index contributed by atoms with van der Waals surface area (Å²) in [5.41, 5.74) is 7.47. The van der Waals surface area contributed by atoms with Crippen molar-refractivity contribution >= 4 is 5.91 Å². The van der Waals surface area contributed by atoms with Crippen molar-refractivity contribution in [3.05, 3.63) is 29.1 Å². The minimum absolute atomic E-state index is 0.00259. The van der Waals surface area contributed by atoms with Gasteiger partial charge < -0.3 is 15.4 Å². The Bertz CT molecular complexity index is 830. The lowest BCUT2D eigenvalue weighted by atomic mass is 9.50. The molecule has 1 aliphatic heterocycles. The Labute approximate surface area is 178 Å². The molecule has 1 heterocycles. The number of carbonyl (C=O) groups is 1. The Hall–Kier alpha value is -1.62. The van der Waals surface area contributed by atoms with Gasteiger partial charge in [-0.05, 0) is 93.1 Å². The van der Waals surface area contributed by atoms with Gasteiger partial charge in [-0.3, -0.25) is 4.79 Å². The van der Waals surface area contributed by atoms with E-state index < -0.39 is 5.82 Å². The quantitative estimate of drug-likeness (QED) is 0.776. The van der Waals surface area contributed by atoms with Crippen LogP contribution in [0.4, 0.5) is 4.39 Å². The smallest absolute Gasteiger partial charge is 0.256 e. The molecule has 1 amide bonds. The van der Waals surface area contributed by atoms with Crippen LogP contribution < -0.4 is 10.5 Å². The van der Waals surface area contributed by atoms with Crippen LogP contribution in [-0.4, -0.2) is 36.5 Å². The molecule has 5 saturated carbocycles. The van der Waals surface area contributed by atoms with Crippen LogP contribution in [-0.2, 0) is 0 Å². The lowest BCUT2D eigenvalue weighted by molar-refractivity contribution is -0.0747. The summed E-state index contributed by atoms with van der Waals surface area (Å²) >= 11 is 0. The van der Waals surface area contributed by atoms with Crippen LogP contribution >= 0.6 is 0 Å².